The standard InChI is InChI=1S/C30H19F6N4O2/c31-22-8-10-24(26(33)13-22)29(41,17-40-18-38-39-40)30(35,36)28-12-7-20(15-37-28)4-1-19-2-5-21(6-3-19)16-42-23-9-11-25(32)27(34)14-23/h2-3,5-15,18,41H,16-17H2/q+1. The van der Waals surface area contributed by atoms with E-state index in [9.17, 15) is 22.7 Å². The number of alkyl halides is 2. The van der Waals surface area contributed by atoms with Crippen molar-refractivity contribution in [3.05, 3.63) is 130 Å². The van der Waals surface area contributed by atoms with Crippen molar-refractivity contribution in [2.45, 2.75) is 18.1 Å². The lowest BCUT2D eigenvalue weighted by atomic mass is 9.84. The van der Waals surface area contributed by atoms with Gasteiger partial charge in [0.15, 0.2) is 17.2 Å². The molecule has 212 valence electrons. The van der Waals surface area contributed by atoms with Crippen molar-refractivity contribution in [2.75, 3.05) is 6.54 Å². The van der Waals surface area contributed by atoms with Crippen LogP contribution in [0.2, 0.25) is 0 Å². The third-order valence-electron chi connectivity index (χ3n) is 6.33. The quantitative estimate of drug-likeness (QED) is 0.157. The number of β-amino-alcohol motifs (C(OH)–C–C–N with tert-alkyl or cyclic N) is 1. The van der Waals surface area contributed by atoms with E-state index >= 15 is 8.78 Å². The van der Waals surface area contributed by atoms with E-state index < -0.39 is 52.6 Å². The van der Waals surface area contributed by atoms with Crippen molar-refractivity contribution in [3.8, 4) is 17.6 Å². The number of hydrogen-bond acceptors (Lipinski definition) is 5. The van der Waals surface area contributed by atoms with Crippen LogP contribution in [0.4, 0.5) is 26.3 Å². The van der Waals surface area contributed by atoms with Crippen molar-refractivity contribution < 1.29 is 40.9 Å². The van der Waals surface area contributed by atoms with Gasteiger partial charge in [0.2, 0.25) is 0 Å². The smallest absolute Gasteiger partial charge is 0.325 e. The lowest BCUT2D eigenvalue weighted by Crippen LogP contribution is -2.50. The van der Waals surface area contributed by atoms with Gasteiger partial charge in [0.05, 0.1) is 5.22 Å². The van der Waals surface area contributed by atoms with Crippen LogP contribution in [0, 0.1) is 35.1 Å². The minimum Gasteiger partial charge on any atom is -0.489 e. The van der Waals surface area contributed by atoms with Gasteiger partial charge >= 0.3 is 5.92 Å². The maximum atomic E-state index is 15.8. The van der Waals surface area contributed by atoms with Gasteiger partial charge in [-0.1, -0.05) is 24.0 Å². The van der Waals surface area contributed by atoms with Crippen LogP contribution >= 0.6 is 0 Å². The molecule has 1 aliphatic heterocycles. The highest BCUT2D eigenvalue weighted by atomic mass is 19.3. The highest BCUT2D eigenvalue weighted by molar-refractivity contribution is 5.46. The van der Waals surface area contributed by atoms with Crippen LogP contribution in [0.3, 0.4) is 0 Å². The van der Waals surface area contributed by atoms with E-state index in [0.29, 0.717) is 11.6 Å². The van der Waals surface area contributed by atoms with E-state index in [1.807, 2.05) is 0 Å². The highest BCUT2D eigenvalue weighted by Gasteiger charge is 2.59. The van der Waals surface area contributed by atoms with Gasteiger partial charge in [-0.05, 0) is 54.1 Å². The lowest BCUT2D eigenvalue weighted by Gasteiger charge is -2.35. The second kappa shape index (κ2) is 11.5. The summed E-state index contributed by atoms with van der Waals surface area (Å²) < 4.78 is 92.3. The van der Waals surface area contributed by atoms with Crippen molar-refractivity contribution in [2.24, 2.45) is 10.3 Å². The summed E-state index contributed by atoms with van der Waals surface area (Å²) in [5, 5.41) is 18.0. The number of benzene rings is 3. The fourth-order valence-corrected chi connectivity index (χ4v) is 4.04. The SMILES string of the molecule is OC(C[N+]1=NN=C1)(c1ccc(F)cc1F)C(F)(F)c1ccc(C#Cc2ccc(COc3ccc(F)c(F)c3)cc2)cn1. The van der Waals surface area contributed by atoms with Gasteiger partial charge in [0, 0.05) is 40.1 Å². The summed E-state index contributed by atoms with van der Waals surface area (Å²) in [7, 11) is 0. The number of ether oxygens (including phenoxy) is 1. The summed E-state index contributed by atoms with van der Waals surface area (Å²) in [4.78, 5) is 3.77. The van der Waals surface area contributed by atoms with Crippen LogP contribution in [0.5, 0.6) is 5.75 Å². The molecule has 0 radical (unpaired) electrons. The Hall–Kier alpha value is -5.02. The lowest BCUT2D eigenvalue weighted by molar-refractivity contribution is -0.527. The van der Waals surface area contributed by atoms with Gasteiger partial charge in [-0.2, -0.15) is 8.78 Å². The number of rotatable bonds is 8. The zero-order valence-electron chi connectivity index (χ0n) is 21.4. The number of aromatic nitrogens is 1. The van der Waals surface area contributed by atoms with Gasteiger partial charge in [-0.25, -0.2) is 17.6 Å². The molecule has 1 aliphatic rings. The molecule has 4 aromatic rings. The minimum absolute atomic E-state index is 0.102. The molecule has 42 heavy (non-hydrogen) atoms. The van der Waals surface area contributed by atoms with Gasteiger partial charge in [-0.15, -0.1) is 4.70 Å². The Morgan fingerprint density at radius 3 is 2.14 bits per heavy atom. The molecule has 12 heteroatoms. The molecule has 0 fully saturated rings. The van der Waals surface area contributed by atoms with Crippen LogP contribution in [-0.4, -0.2) is 27.7 Å². The number of hydrogen-bond donors (Lipinski definition) is 1. The average Bonchev–Trinajstić information content (AvgIpc) is 2.95. The molecule has 1 unspecified atom stereocenters. The Labute approximate surface area is 235 Å². The fraction of sp³-hybridized carbons (Fsp3) is 0.133. The molecule has 0 bridgehead atoms. The van der Waals surface area contributed by atoms with E-state index in [-0.39, 0.29) is 17.9 Å². The van der Waals surface area contributed by atoms with Crippen molar-refractivity contribution in [1.82, 2.24) is 4.98 Å². The van der Waals surface area contributed by atoms with Crippen LogP contribution in [0.1, 0.15) is 27.9 Å². The first-order valence-corrected chi connectivity index (χ1v) is 12.3. The largest absolute Gasteiger partial charge is 0.489 e. The summed E-state index contributed by atoms with van der Waals surface area (Å²) in [5.41, 5.74) is -3.29. The highest BCUT2D eigenvalue weighted by Crippen LogP contribution is 2.46. The molecular formula is C30H19F6N4O2+. The Morgan fingerprint density at radius 2 is 1.52 bits per heavy atom. The van der Waals surface area contributed by atoms with Gasteiger partial charge in [-0.3, -0.25) is 4.98 Å². The van der Waals surface area contributed by atoms with E-state index in [4.69, 9.17) is 4.74 Å². The number of halogens is 6. The molecule has 0 saturated carbocycles. The van der Waals surface area contributed by atoms with E-state index in [0.717, 1.165) is 53.1 Å². The molecule has 1 atom stereocenters. The topological polar surface area (TPSA) is 70.1 Å². The zero-order chi connectivity index (χ0) is 29.9. The first-order valence-electron chi connectivity index (χ1n) is 12.3. The van der Waals surface area contributed by atoms with Crippen molar-refractivity contribution >= 4 is 6.34 Å². The summed E-state index contributed by atoms with van der Waals surface area (Å²) >= 11 is 0. The first-order chi connectivity index (χ1) is 20.0. The predicted molar refractivity (Wildman–Crippen MR) is 138 cm³/mol. The summed E-state index contributed by atoms with van der Waals surface area (Å²) in [6.07, 6.45) is 2.15. The maximum Gasteiger partial charge on any atom is 0.325 e. The molecule has 6 nitrogen and oxygen atoms in total. The number of pyridine rings is 1. The van der Waals surface area contributed by atoms with Crippen LogP contribution in [0.15, 0.2) is 89.3 Å². The molecule has 2 heterocycles. The fourth-order valence-electron chi connectivity index (χ4n) is 4.04. The van der Waals surface area contributed by atoms with E-state index in [1.165, 1.54) is 12.1 Å². The Kier molecular flexibility index (Phi) is 7.78. The second-order valence-electron chi connectivity index (χ2n) is 9.22. The Balaban J connectivity index is 1.30. The van der Waals surface area contributed by atoms with Crippen LogP contribution in [0.25, 0.3) is 0 Å². The molecule has 0 saturated heterocycles. The van der Waals surface area contributed by atoms with Gasteiger partial charge in [0.1, 0.15) is 36.2 Å². The number of nitrogens with zero attached hydrogens (tertiary/aromatic N) is 4. The minimum atomic E-state index is -4.14. The first kappa shape index (κ1) is 28.5. The molecule has 1 aromatic heterocycles. The monoisotopic (exact) mass is 581 g/mol. The normalized spacial score (nSPS) is 13.8. The van der Waals surface area contributed by atoms with Gasteiger partial charge < -0.3 is 9.84 Å². The third kappa shape index (κ3) is 5.87. The summed E-state index contributed by atoms with van der Waals surface area (Å²) in [6.45, 7) is -0.775. The van der Waals surface area contributed by atoms with Crippen molar-refractivity contribution in [1.29, 1.82) is 0 Å². The van der Waals surface area contributed by atoms with Crippen LogP contribution in [-0.2, 0) is 18.1 Å². The summed E-state index contributed by atoms with van der Waals surface area (Å²) in [5.74, 6) is -2.66. The van der Waals surface area contributed by atoms with Crippen molar-refractivity contribution in [3.63, 3.8) is 0 Å². The maximum absolute atomic E-state index is 15.8. The molecule has 0 amide bonds. The molecule has 0 spiro atoms. The average molecular weight is 581 g/mol. The Bertz CT molecular complexity index is 1750. The Morgan fingerprint density at radius 1 is 0.810 bits per heavy atom. The molecule has 5 rings (SSSR count). The number of aliphatic hydroxyl groups is 1. The molecule has 1 N–H and O–H groups in total. The van der Waals surface area contributed by atoms with Crippen LogP contribution < -0.4 is 4.74 Å². The predicted octanol–water partition coefficient (Wildman–Crippen LogP) is 6.02. The molecule has 0 aliphatic carbocycles. The second-order valence-corrected chi connectivity index (χ2v) is 9.22. The van der Waals surface area contributed by atoms with E-state index in [2.05, 4.69) is 27.1 Å². The zero-order valence-corrected chi connectivity index (χ0v) is 21.4. The molecular weight excluding hydrogens is 562 g/mol. The molecule has 3 aromatic carbocycles. The summed E-state index contributed by atoms with van der Waals surface area (Å²) in [6, 6.07) is 14.2. The van der Waals surface area contributed by atoms with E-state index in [1.54, 1.807) is 24.3 Å². The third-order valence-corrected chi connectivity index (χ3v) is 6.33. The van der Waals surface area contributed by atoms with Gasteiger partial charge in [0.25, 0.3) is 6.34 Å².